The lowest BCUT2D eigenvalue weighted by atomic mass is 9.90. The summed E-state index contributed by atoms with van der Waals surface area (Å²) in [6.07, 6.45) is 9.59. The number of ether oxygens (including phenoxy) is 1. The summed E-state index contributed by atoms with van der Waals surface area (Å²) in [7, 11) is 1.51. The lowest BCUT2D eigenvalue weighted by molar-refractivity contribution is -0.111. The molecule has 404 valence electrons. The van der Waals surface area contributed by atoms with Crippen LogP contribution in [0.4, 0.5) is 40.1 Å². The van der Waals surface area contributed by atoms with Gasteiger partial charge in [0.15, 0.2) is 5.82 Å². The number of amides is 4. The molecule has 1 unspecified atom stereocenters. The van der Waals surface area contributed by atoms with Crippen LogP contribution in [0.2, 0.25) is 0 Å². The van der Waals surface area contributed by atoms with Gasteiger partial charge in [0.25, 0.3) is 23.6 Å². The van der Waals surface area contributed by atoms with Gasteiger partial charge >= 0.3 is 0 Å². The number of aliphatic hydroxyl groups is 2. The highest BCUT2D eigenvalue weighted by Gasteiger charge is 2.41. The Labute approximate surface area is 453 Å². The number of hydrogen-bond acceptors (Lipinski definition) is 15. The van der Waals surface area contributed by atoms with E-state index in [0.29, 0.717) is 93.7 Å². The van der Waals surface area contributed by atoms with E-state index in [4.69, 9.17) is 9.72 Å². The number of hydrogen-bond donors (Lipinski definition) is 4. The molecule has 0 radical (unpaired) electrons. The number of methoxy groups -OCH3 is 1. The molecule has 5 aliphatic rings. The van der Waals surface area contributed by atoms with Crippen LogP contribution in [0.15, 0.2) is 91.9 Å². The molecule has 19 heteroatoms. The first-order chi connectivity index (χ1) is 37.3. The highest BCUT2D eigenvalue weighted by Crippen LogP contribution is 2.42. The van der Waals surface area contributed by atoms with Crippen molar-refractivity contribution in [3.8, 4) is 17.1 Å². The Bertz CT molecular complexity index is 3420. The maximum atomic E-state index is 14.1. The van der Waals surface area contributed by atoms with E-state index < -0.39 is 24.0 Å². The zero-order valence-corrected chi connectivity index (χ0v) is 45.2. The third-order valence-electron chi connectivity index (χ3n) is 16.1. The summed E-state index contributed by atoms with van der Waals surface area (Å²) in [5.74, 6) is -0.419. The van der Waals surface area contributed by atoms with Gasteiger partial charge < -0.3 is 40.0 Å². The van der Waals surface area contributed by atoms with Gasteiger partial charge in [0.2, 0.25) is 5.91 Å². The summed E-state index contributed by atoms with van der Waals surface area (Å²) in [6, 6.07) is 18.8. The molecule has 19 nitrogen and oxygen atoms in total. The largest absolute Gasteiger partial charge is 0.478 e. The van der Waals surface area contributed by atoms with Gasteiger partial charge in [-0.15, -0.1) is 0 Å². The van der Waals surface area contributed by atoms with Gasteiger partial charge in [-0.3, -0.25) is 34.0 Å². The molecule has 4 aromatic heterocycles. The molecule has 78 heavy (non-hydrogen) atoms. The SMILES string of the molecule is C=CC(=O)Nc1cc(Nc2nc(-c3ccnc(N4CCn5c(cc6c5CC(C)(C)C6)C4=O)c3CO)cnc2OC)ccc1N1CCN(C2CCN(c3ccc4c(c3)C(=O)N(c3ccnc(C(C)(C)O)c3)C4=O)[C@H](C)C2)C[C@@H]1C. The lowest BCUT2D eigenvalue weighted by Crippen LogP contribution is -2.58. The van der Waals surface area contributed by atoms with Crippen LogP contribution in [0, 0.1) is 5.41 Å². The number of carbonyl (C=O) groups is 4. The van der Waals surface area contributed by atoms with Crippen LogP contribution in [-0.2, 0) is 36.4 Å². The summed E-state index contributed by atoms with van der Waals surface area (Å²) < 4.78 is 7.83. The first-order valence-corrected chi connectivity index (χ1v) is 26.7. The number of nitrogens with one attached hydrogen (secondary N) is 2. The number of aromatic nitrogens is 5. The standard InChI is InChI=1S/C59H66N12O7/c1-9-51(73)64-45-26-37(63-52-54(78-8)62-31-46(65-52)41-15-18-61-53(44(41)33-72)70-23-22-69-48(57(70)76)25-36-29-58(4,5)30-49(36)69)10-13-47(45)68-21-20-66(32-35(68)3)38-16-19-67(34(2)24-38)39-11-12-42-43(27-39)56(75)71(55(42)74)40-14-17-60-50(28-40)59(6,7)77/h9-15,17-18,25-28,31,34-35,38,72,77H,1,16,19-24,29-30,32-33H2,2-8H3,(H,63,65)(H,64,73)/t34-,35+,38?/m1/s1. The van der Waals surface area contributed by atoms with Crippen molar-refractivity contribution in [1.29, 1.82) is 0 Å². The molecule has 2 fully saturated rings. The number of carbonyl (C=O) groups excluding carboxylic acids is 4. The zero-order chi connectivity index (χ0) is 54.9. The van der Waals surface area contributed by atoms with Crippen molar-refractivity contribution in [3.63, 3.8) is 0 Å². The fraction of sp³-hybridized carbons (Fsp3) is 0.390. The predicted molar refractivity (Wildman–Crippen MR) is 299 cm³/mol. The van der Waals surface area contributed by atoms with E-state index in [1.54, 1.807) is 55.4 Å². The Morgan fingerprint density at radius 1 is 0.859 bits per heavy atom. The summed E-state index contributed by atoms with van der Waals surface area (Å²) in [5.41, 5.74) is 7.83. The third-order valence-corrected chi connectivity index (χ3v) is 16.1. The molecule has 8 heterocycles. The van der Waals surface area contributed by atoms with Gasteiger partial charge in [0, 0.05) is 98.0 Å². The van der Waals surface area contributed by atoms with E-state index >= 15 is 0 Å². The molecular weight excluding hydrogens is 989 g/mol. The van der Waals surface area contributed by atoms with Crippen LogP contribution in [0.5, 0.6) is 5.88 Å². The predicted octanol–water partition coefficient (Wildman–Crippen LogP) is 7.49. The number of nitrogens with zero attached hydrogens (tertiary/aromatic N) is 10. The number of piperidine rings is 1. The van der Waals surface area contributed by atoms with Crippen LogP contribution in [0.3, 0.4) is 0 Å². The number of piperazine rings is 1. The monoisotopic (exact) mass is 1050 g/mol. The Hall–Kier alpha value is -8.00. The maximum Gasteiger partial charge on any atom is 0.276 e. The van der Waals surface area contributed by atoms with Crippen LogP contribution in [-0.4, -0.2) is 121 Å². The molecule has 2 aromatic carbocycles. The smallest absolute Gasteiger partial charge is 0.276 e. The molecule has 0 bridgehead atoms. The van der Waals surface area contributed by atoms with Crippen molar-refractivity contribution >= 4 is 63.7 Å². The third kappa shape index (κ3) is 9.42. The highest BCUT2D eigenvalue weighted by molar-refractivity contribution is 6.34. The Kier molecular flexibility index (Phi) is 13.4. The van der Waals surface area contributed by atoms with Crippen molar-refractivity contribution in [1.82, 2.24) is 29.4 Å². The number of pyridine rings is 2. The van der Waals surface area contributed by atoms with E-state index in [1.165, 1.54) is 30.6 Å². The number of fused-ring (bicyclic) bond motifs is 4. The molecule has 4 amide bonds. The van der Waals surface area contributed by atoms with Crippen molar-refractivity contribution in [2.24, 2.45) is 5.41 Å². The molecule has 0 saturated carbocycles. The second-order valence-electron chi connectivity index (χ2n) is 22.5. The molecule has 2 saturated heterocycles. The molecule has 6 aromatic rings. The molecule has 4 N–H and O–H groups in total. The van der Waals surface area contributed by atoms with Gasteiger partial charge in [0.1, 0.15) is 17.1 Å². The molecule has 1 aliphatic carbocycles. The van der Waals surface area contributed by atoms with E-state index in [-0.39, 0.29) is 35.2 Å². The zero-order valence-electron chi connectivity index (χ0n) is 45.2. The van der Waals surface area contributed by atoms with Crippen molar-refractivity contribution in [2.75, 3.05) is 70.1 Å². The molecule has 11 rings (SSSR count). The Morgan fingerprint density at radius 2 is 1.65 bits per heavy atom. The van der Waals surface area contributed by atoms with E-state index in [9.17, 15) is 29.4 Å². The summed E-state index contributed by atoms with van der Waals surface area (Å²) >= 11 is 0. The van der Waals surface area contributed by atoms with Gasteiger partial charge in [-0.05, 0) is 131 Å². The van der Waals surface area contributed by atoms with E-state index in [2.05, 4.69) is 79.1 Å². The second kappa shape index (κ2) is 20.1. The minimum Gasteiger partial charge on any atom is -0.478 e. The average Bonchev–Trinajstić information content (AvgIpc) is 4.25. The van der Waals surface area contributed by atoms with E-state index in [1.807, 2.05) is 36.4 Å². The van der Waals surface area contributed by atoms with Gasteiger partial charge in [-0.2, -0.15) is 0 Å². The lowest BCUT2D eigenvalue weighted by Gasteiger charge is -2.48. The first kappa shape index (κ1) is 52.1. The summed E-state index contributed by atoms with van der Waals surface area (Å²) in [4.78, 5) is 82.9. The number of aliphatic hydroxyl groups excluding tert-OH is 1. The number of anilines is 7. The van der Waals surface area contributed by atoms with Gasteiger partial charge in [-0.1, -0.05) is 20.4 Å². The van der Waals surface area contributed by atoms with Crippen LogP contribution < -0.4 is 35.0 Å². The second-order valence-corrected chi connectivity index (χ2v) is 22.5. The van der Waals surface area contributed by atoms with Gasteiger partial charge in [-0.25, -0.2) is 19.9 Å². The fourth-order valence-electron chi connectivity index (χ4n) is 12.3. The fourth-order valence-corrected chi connectivity index (χ4v) is 12.3. The average molecular weight is 1060 g/mol. The topological polar surface area (TPSA) is 215 Å². The normalized spacial score (nSPS) is 20.2. The van der Waals surface area contributed by atoms with Crippen molar-refractivity contribution in [2.45, 2.75) is 104 Å². The van der Waals surface area contributed by atoms with Crippen molar-refractivity contribution in [3.05, 3.63) is 131 Å². The molecular formula is C59H66N12O7. The molecule has 4 aliphatic heterocycles. The quantitative estimate of drug-likeness (QED) is 0.0652. The summed E-state index contributed by atoms with van der Waals surface area (Å²) in [6.45, 7) is 19.6. The van der Waals surface area contributed by atoms with Crippen molar-refractivity contribution < 1.29 is 34.1 Å². The number of rotatable bonds is 13. The van der Waals surface area contributed by atoms with Crippen LogP contribution in [0.1, 0.15) is 108 Å². The summed E-state index contributed by atoms with van der Waals surface area (Å²) in [5, 5.41) is 27.8. The Balaban J connectivity index is 0.771. The van der Waals surface area contributed by atoms with E-state index in [0.717, 1.165) is 61.6 Å². The minimum atomic E-state index is -1.24. The molecule has 3 atom stereocenters. The maximum absolute atomic E-state index is 14.1. The van der Waals surface area contributed by atoms with Gasteiger partial charge in [0.05, 0.1) is 59.5 Å². The molecule has 0 spiro atoms. The number of imide groups is 1. The first-order valence-electron chi connectivity index (χ1n) is 26.7. The number of benzene rings is 2. The Morgan fingerprint density at radius 3 is 2.40 bits per heavy atom. The van der Waals surface area contributed by atoms with Crippen LogP contribution >= 0.6 is 0 Å². The van der Waals surface area contributed by atoms with Crippen LogP contribution in [0.25, 0.3) is 11.3 Å². The highest BCUT2D eigenvalue weighted by atomic mass is 16.5. The minimum absolute atomic E-state index is 0.0842.